The van der Waals surface area contributed by atoms with Crippen molar-refractivity contribution >= 4 is 5.69 Å². The van der Waals surface area contributed by atoms with Crippen LogP contribution in [-0.4, -0.2) is 23.4 Å². The van der Waals surface area contributed by atoms with E-state index in [4.69, 9.17) is 0 Å². The molecular weight excluding hydrogens is 216 g/mol. The topological polar surface area (TPSA) is 46.4 Å². The Hall–Kier alpha value is -1.42. The summed E-state index contributed by atoms with van der Waals surface area (Å²) in [5, 5.41) is 10.8. The molecule has 4 nitrogen and oxygen atoms in total. The standard InChI is InChI=1S/C13H18N2O2/c1-9-11-7-10(15(16)17)5-6-12(11)13(2,3)8-14(9)4/h5-7,9H,8H2,1-4H3. The molecule has 0 radical (unpaired) electrons. The van der Waals surface area contributed by atoms with E-state index in [1.54, 1.807) is 12.1 Å². The summed E-state index contributed by atoms with van der Waals surface area (Å²) in [6.07, 6.45) is 0. The van der Waals surface area contributed by atoms with Gasteiger partial charge in [-0.25, -0.2) is 0 Å². The summed E-state index contributed by atoms with van der Waals surface area (Å²) in [7, 11) is 2.06. The summed E-state index contributed by atoms with van der Waals surface area (Å²) in [4.78, 5) is 12.7. The molecule has 0 aliphatic carbocycles. The Labute approximate surface area is 101 Å². The van der Waals surface area contributed by atoms with Gasteiger partial charge < -0.3 is 0 Å². The fourth-order valence-electron chi connectivity index (χ4n) is 2.71. The van der Waals surface area contributed by atoms with Crippen LogP contribution in [0.5, 0.6) is 0 Å². The van der Waals surface area contributed by atoms with E-state index in [-0.39, 0.29) is 22.1 Å². The fourth-order valence-corrected chi connectivity index (χ4v) is 2.71. The summed E-state index contributed by atoms with van der Waals surface area (Å²) < 4.78 is 0. The van der Waals surface area contributed by atoms with Crippen LogP contribution in [0.3, 0.4) is 0 Å². The Morgan fingerprint density at radius 3 is 2.71 bits per heavy atom. The smallest absolute Gasteiger partial charge is 0.269 e. The van der Waals surface area contributed by atoms with Crippen LogP contribution in [0.1, 0.15) is 37.9 Å². The molecule has 4 heteroatoms. The molecule has 0 saturated heterocycles. The Balaban J connectivity index is 2.59. The van der Waals surface area contributed by atoms with Gasteiger partial charge in [0.15, 0.2) is 0 Å². The van der Waals surface area contributed by atoms with E-state index in [2.05, 4.69) is 32.7 Å². The molecule has 1 atom stereocenters. The SMILES string of the molecule is CC1c2cc([N+](=O)[O-])ccc2C(C)(C)CN1C. The average molecular weight is 234 g/mol. The Morgan fingerprint density at radius 1 is 1.47 bits per heavy atom. The normalized spacial score (nSPS) is 23.2. The van der Waals surface area contributed by atoms with Crippen LogP contribution < -0.4 is 0 Å². The molecule has 1 aromatic rings. The van der Waals surface area contributed by atoms with Gasteiger partial charge in [0.2, 0.25) is 0 Å². The molecular formula is C13H18N2O2. The van der Waals surface area contributed by atoms with Gasteiger partial charge in [-0.2, -0.15) is 0 Å². The molecule has 2 rings (SSSR count). The maximum atomic E-state index is 10.8. The lowest BCUT2D eigenvalue weighted by molar-refractivity contribution is -0.385. The van der Waals surface area contributed by atoms with Crippen molar-refractivity contribution in [2.24, 2.45) is 0 Å². The summed E-state index contributed by atoms with van der Waals surface area (Å²) in [6, 6.07) is 5.48. The Bertz CT molecular complexity index is 468. The van der Waals surface area contributed by atoms with E-state index in [0.717, 1.165) is 12.1 Å². The third kappa shape index (κ3) is 1.93. The van der Waals surface area contributed by atoms with Crippen molar-refractivity contribution in [1.29, 1.82) is 0 Å². The van der Waals surface area contributed by atoms with Gasteiger partial charge in [0, 0.05) is 30.1 Å². The Kier molecular flexibility index (Phi) is 2.70. The van der Waals surface area contributed by atoms with Gasteiger partial charge in [0.05, 0.1) is 4.92 Å². The first-order chi connectivity index (χ1) is 7.83. The molecule has 0 amide bonds. The molecule has 0 saturated carbocycles. The van der Waals surface area contributed by atoms with E-state index in [1.165, 1.54) is 5.56 Å². The molecule has 0 fully saturated rings. The van der Waals surface area contributed by atoms with Gasteiger partial charge in [0.25, 0.3) is 5.69 Å². The number of likely N-dealkylation sites (N-methyl/N-ethyl adjacent to an activating group) is 1. The third-order valence-corrected chi connectivity index (χ3v) is 3.73. The summed E-state index contributed by atoms with van der Waals surface area (Å²) in [6.45, 7) is 7.43. The van der Waals surface area contributed by atoms with Crippen LogP contribution in [-0.2, 0) is 5.41 Å². The maximum absolute atomic E-state index is 10.8. The van der Waals surface area contributed by atoms with Crippen molar-refractivity contribution in [1.82, 2.24) is 4.90 Å². The molecule has 1 aliphatic heterocycles. The van der Waals surface area contributed by atoms with Crippen molar-refractivity contribution in [2.75, 3.05) is 13.6 Å². The molecule has 17 heavy (non-hydrogen) atoms. The monoisotopic (exact) mass is 234 g/mol. The number of rotatable bonds is 1. The number of non-ortho nitro benzene ring substituents is 1. The second-order valence-corrected chi connectivity index (χ2v) is 5.50. The van der Waals surface area contributed by atoms with Gasteiger partial charge >= 0.3 is 0 Å². The van der Waals surface area contributed by atoms with Gasteiger partial charge in [0.1, 0.15) is 0 Å². The second kappa shape index (κ2) is 3.81. The van der Waals surface area contributed by atoms with Crippen LogP contribution >= 0.6 is 0 Å². The minimum Gasteiger partial charge on any atom is -0.299 e. The first-order valence-electron chi connectivity index (χ1n) is 5.82. The number of nitro benzene ring substituents is 1. The number of nitrogens with zero attached hydrogens (tertiary/aromatic N) is 2. The predicted molar refractivity (Wildman–Crippen MR) is 67.2 cm³/mol. The van der Waals surface area contributed by atoms with Crippen molar-refractivity contribution in [3.63, 3.8) is 0 Å². The van der Waals surface area contributed by atoms with Crippen LogP contribution in [0.15, 0.2) is 18.2 Å². The average Bonchev–Trinajstić information content (AvgIpc) is 2.25. The Morgan fingerprint density at radius 2 is 2.12 bits per heavy atom. The zero-order valence-electron chi connectivity index (χ0n) is 10.7. The number of nitro groups is 1. The van der Waals surface area contributed by atoms with E-state index in [1.807, 2.05) is 6.07 Å². The highest BCUT2D eigenvalue weighted by Crippen LogP contribution is 2.39. The molecule has 1 heterocycles. The van der Waals surface area contributed by atoms with Crippen molar-refractivity contribution in [2.45, 2.75) is 32.2 Å². The lowest BCUT2D eigenvalue weighted by Gasteiger charge is -2.42. The first kappa shape index (κ1) is 12.0. The predicted octanol–water partition coefficient (Wildman–Crippen LogP) is 2.88. The van der Waals surface area contributed by atoms with Crippen LogP contribution in [0.2, 0.25) is 0 Å². The van der Waals surface area contributed by atoms with Crippen molar-refractivity contribution < 1.29 is 4.92 Å². The van der Waals surface area contributed by atoms with Gasteiger partial charge in [-0.3, -0.25) is 15.0 Å². The quantitative estimate of drug-likeness (QED) is 0.554. The maximum Gasteiger partial charge on any atom is 0.269 e. The van der Waals surface area contributed by atoms with Gasteiger partial charge in [-0.1, -0.05) is 19.9 Å². The largest absolute Gasteiger partial charge is 0.299 e. The molecule has 1 aromatic carbocycles. The lowest BCUT2D eigenvalue weighted by atomic mass is 9.76. The second-order valence-electron chi connectivity index (χ2n) is 5.50. The summed E-state index contributed by atoms with van der Waals surface area (Å²) in [5.41, 5.74) is 2.54. The zero-order chi connectivity index (χ0) is 12.8. The van der Waals surface area contributed by atoms with Crippen LogP contribution in [0.4, 0.5) is 5.69 Å². The van der Waals surface area contributed by atoms with Crippen LogP contribution in [0, 0.1) is 10.1 Å². The van der Waals surface area contributed by atoms with E-state index >= 15 is 0 Å². The highest BCUT2D eigenvalue weighted by molar-refractivity contribution is 5.46. The van der Waals surface area contributed by atoms with E-state index in [9.17, 15) is 10.1 Å². The van der Waals surface area contributed by atoms with Crippen molar-refractivity contribution in [3.8, 4) is 0 Å². The minimum absolute atomic E-state index is 0.0473. The van der Waals surface area contributed by atoms with Crippen LogP contribution in [0.25, 0.3) is 0 Å². The fraction of sp³-hybridized carbons (Fsp3) is 0.538. The highest BCUT2D eigenvalue weighted by atomic mass is 16.6. The number of hydrogen-bond acceptors (Lipinski definition) is 3. The summed E-state index contributed by atoms with van der Waals surface area (Å²) >= 11 is 0. The molecule has 0 N–H and O–H groups in total. The zero-order valence-corrected chi connectivity index (χ0v) is 10.7. The third-order valence-electron chi connectivity index (χ3n) is 3.73. The lowest BCUT2D eigenvalue weighted by Crippen LogP contribution is -2.42. The molecule has 0 aromatic heterocycles. The number of fused-ring (bicyclic) bond motifs is 1. The number of hydrogen-bond donors (Lipinski definition) is 0. The van der Waals surface area contributed by atoms with E-state index in [0.29, 0.717) is 0 Å². The molecule has 92 valence electrons. The van der Waals surface area contributed by atoms with E-state index < -0.39 is 0 Å². The van der Waals surface area contributed by atoms with Gasteiger partial charge in [-0.05, 0) is 25.1 Å². The van der Waals surface area contributed by atoms with Crippen molar-refractivity contribution in [3.05, 3.63) is 39.4 Å². The molecule has 0 spiro atoms. The molecule has 1 unspecified atom stereocenters. The van der Waals surface area contributed by atoms with Gasteiger partial charge in [-0.15, -0.1) is 0 Å². The first-order valence-corrected chi connectivity index (χ1v) is 5.82. The minimum atomic E-state index is -0.325. The number of benzene rings is 1. The summed E-state index contributed by atoms with van der Waals surface area (Å²) in [5.74, 6) is 0. The highest BCUT2D eigenvalue weighted by Gasteiger charge is 2.34. The molecule has 1 aliphatic rings. The molecule has 0 bridgehead atoms.